The first-order chi connectivity index (χ1) is 10.0. The molecule has 0 radical (unpaired) electrons. The number of hydrogen-bond donors (Lipinski definition) is 1. The Labute approximate surface area is 127 Å². The van der Waals surface area contributed by atoms with E-state index in [1.165, 1.54) is 11.3 Å². The highest BCUT2D eigenvalue weighted by Crippen LogP contribution is 2.33. The number of thiazole rings is 1. The maximum absolute atomic E-state index is 11.5. The zero-order valence-corrected chi connectivity index (χ0v) is 13.1. The highest BCUT2D eigenvalue weighted by atomic mass is 32.1. The van der Waals surface area contributed by atoms with Gasteiger partial charge in [0.2, 0.25) is 0 Å². The van der Waals surface area contributed by atoms with Crippen molar-refractivity contribution in [2.75, 3.05) is 25.7 Å². The minimum Gasteiger partial charge on any atom is -0.477 e. The van der Waals surface area contributed by atoms with Crippen LogP contribution in [-0.4, -0.2) is 42.9 Å². The molecule has 5 nitrogen and oxygen atoms in total. The first-order valence-electron chi connectivity index (χ1n) is 6.56. The topological polar surface area (TPSA) is 62.7 Å². The Balaban J connectivity index is 2.40. The fraction of sp³-hybridized carbons (Fsp3) is 0.333. The first-order valence-corrected chi connectivity index (χ1v) is 7.37. The van der Waals surface area contributed by atoms with Crippen LogP contribution in [0.4, 0.5) is 5.13 Å². The molecule has 0 aliphatic carbocycles. The van der Waals surface area contributed by atoms with Gasteiger partial charge in [0.15, 0.2) is 5.13 Å². The van der Waals surface area contributed by atoms with Gasteiger partial charge < -0.3 is 14.7 Å². The molecular formula is C15H18N2O3S. The zero-order valence-electron chi connectivity index (χ0n) is 12.2. The zero-order chi connectivity index (χ0) is 15.4. The second-order valence-electron chi connectivity index (χ2n) is 4.76. The van der Waals surface area contributed by atoms with Crippen LogP contribution in [0.15, 0.2) is 30.3 Å². The fourth-order valence-corrected chi connectivity index (χ4v) is 2.93. The summed E-state index contributed by atoms with van der Waals surface area (Å²) in [6.45, 7) is 2.56. The Bertz CT molecular complexity index is 613. The highest BCUT2D eigenvalue weighted by Gasteiger charge is 2.22. The molecule has 1 aromatic carbocycles. The molecule has 0 bridgehead atoms. The van der Waals surface area contributed by atoms with Gasteiger partial charge in [-0.3, -0.25) is 0 Å². The summed E-state index contributed by atoms with van der Waals surface area (Å²) >= 11 is 1.18. The monoisotopic (exact) mass is 306 g/mol. The van der Waals surface area contributed by atoms with Crippen LogP contribution in [0.1, 0.15) is 16.6 Å². The predicted molar refractivity (Wildman–Crippen MR) is 84.3 cm³/mol. The van der Waals surface area contributed by atoms with Gasteiger partial charge >= 0.3 is 5.97 Å². The highest BCUT2D eigenvalue weighted by molar-refractivity contribution is 7.17. The van der Waals surface area contributed by atoms with Crippen LogP contribution in [0.25, 0.3) is 11.3 Å². The molecular weight excluding hydrogens is 288 g/mol. The molecule has 1 heterocycles. The molecule has 0 spiro atoms. The lowest BCUT2D eigenvalue weighted by Gasteiger charge is -2.23. The molecule has 112 valence electrons. The molecule has 1 aromatic heterocycles. The van der Waals surface area contributed by atoms with Crippen LogP contribution in [0.2, 0.25) is 0 Å². The Morgan fingerprint density at radius 2 is 2.10 bits per heavy atom. The maximum Gasteiger partial charge on any atom is 0.348 e. The Morgan fingerprint density at radius 1 is 1.43 bits per heavy atom. The number of aromatic carboxylic acids is 1. The molecule has 2 rings (SSSR count). The van der Waals surface area contributed by atoms with E-state index in [-0.39, 0.29) is 10.9 Å². The largest absolute Gasteiger partial charge is 0.477 e. The van der Waals surface area contributed by atoms with E-state index in [4.69, 9.17) is 4.74 Å². The van der Waals surface area contributed by atoms with Gasteiger partial charge in [-0.25, -0.2) is 9.78 Å². The summed E-state index contributed by atoms with van der Waals surface area (Å²) in [6.07, 6.45) is 0. The smallest absolute Gasteiger partial charge is 0.348 e. The maximum atomic E-state index is 11.5. The summed E-state index contributed by atoms with van der Waals surface area (Å²) in [5.74, 6) is -0.953. The Hall–Kier alpha value is -1.92. The van der Waals surface area contributed by atoms with Crippen LogP contribution in [0, 0.1) is 0 Å². The lowest BCUT2D eigenvalue weighted by Crippen LogP contribution is -2.32. The van der Waals surface area contributed by atoms with E-state index >= 15 is 0 Å². The Morgan fingerprint density at radius 3 is 2.67 bits per heavy atom. The number of rotatable bonds is 6. The van der Waals surface area contributed by atoms with Crippen molar-refractivity contribution in [2.24, 2.45) is 0 Å². The number of hydrogen-bond acceptors (Lipinski definition) is 5. The minimum absolute atomic E-state index is 0.117. The number of methoxy groups -OCH3 is 1. The van der Waals surface area contributed by atoms with Crippen molar-refractivity contribution >= 4 is 22.4 Å². The van der Waals surface area contributed by atoms with E-state index in [1.54, 1.807) is 7.11 Å². The standard InChI is InChI=1S/C15H18N2O3S/c1-10(9-20-3)17(2)15-16-12(13(21-15)14(18)19)11-7-5-4-6-8-11/h4-8,10H,9H2,1-3H3,(H,18,19). The number of benzene rings is 1. The SMILES string of the molecule is COCC(C)N(C)c1nc(-c2ccccc2)c(C(=O)O)s1. The Kier molecular flexibility index (Phi) is 4.93. The number of carboxylic acids is 1. The summed E-state index contributed by atoms with van der Waals surface area (Å²) in [7, 11) is 3.53. The molecule has 0 aliphatic heterocycles. The molecule has 1 N–H and O–H groups in total. The van der Waals surface area contributed by atoms with Gasteiger partial charge in [0.05, 0.1) is 18.3 Å². The van der Waals surface area contributed by atoms with Crippen molar-refractivity contribution in [2.45, 2.75) is 13.0 Å². The lowest BCUT2D eigenvalue weighted by atomic mass is 10.1. The minimum atomic E-state index is -0.953. The van der Waals surface area contributed by atoms with Crippen molar-refractivity contribution in [3.63, 3.8) is 0 Å². The van der Waals surface area contributed by atoms with Crippen molar-refractivity contribution in [3.8, 4) is 11.3 Å². The number of aromatic nitrogens is 1. The molecule has 0 saturated carbocycles. The van der Waals surface area contributed by atoms with Crippen LogP contribution in [-0.2, 0) is 4.74 Å². The van der Waals surface area contributed by atoms with Gasteiger partial charge in [-0.15, -0.1) is 0 Å². The fourth-order valence-electron chi connectivity index (χ4n) is 1.94. The number of nitrogens with zero attached hydrogens (tertiary/aromatic N) is 2. The molecule has 6 heteroatoms. The average Bonchev–Trinajstić information content (AvgIpc) is 2.93. The second kappa shape index (κ2) is 6.69. The van der Waals surface area contributed by atoms with Crippen LogP contribution in [0.3, 0.4) is 0 Å². The van der Waals surface area contributed by atoms with Gasteiger partial charge in [0.1, 0.15) is 4.88 Å². The molecule has 0 fully saturated rings. The van der Waals surface area contributed by atoms with Crippen LogP contribution >= 0.6 is 11.3 Å². The van der Waals surface area contributed by atoms with E-state index in [9.17, 15) is 9.90 Å². The van der Waals surface area contributed by atoms with Gasteiger partial charge in [-0.1, -0.05) is 41.7 Å². The molecule has 0 aliphatic rings. The third-order valence-electron chi connectivity index (χ3n) is 3.23. The molecule has 1 atom stereocenters. The third kappa shape index (κ3) is 3.40. The molecule has 1 unspecified atom stereocenters. The molecule has 0 saturated heterocycles. The number of ether oxygens (including phenoxy) is 1. The predicted octanol–water partition coefficient (Wildman–Crippen LogP) is 2.98. The summed E-state index contributed by atoms with van der Waals surface area (Å²) < 4.78 is 5.13. The summed E-state index contributed by atoms with van der Waals surface area (Å²) in [5, 5.41) is 10.1. The van der Waals surface area contributed by atoms with Gasteiger partial charge in [-0.2, -0.15) is 0 Å². The van der Waals surface area contributed by atoms with Gasteiger partial charge in [-0.05, 0) is 6.92 Å². The number of carbonyl (C=O) groups is 1. The van der Waals surface area contributed by atoms with Crippen LogP contribution < -0.4 is 4.90 Å². The quantitative estimate of drug-likeness (QED) is 0.889. The van der Waals surface area contributed by atoms with Gasteiger partial charge in [0, 0.05) is 19.7 Å². The van der Waals surface area contributed by atoms with Crippen LogP contribution in [0.5, 0.6) is 0 Å². The van der Waals surface area contributed by atoms with Crippen molar-refractivity contribution < 1.29 is 14.6 Å². The van der Waals surface area contributed by atoms with E-state index in [0.29, 0.717) is 17.4 Å². The lowest BCUT2D eigenvalue weighted by molar-refractivity contribution is 0.0702. The molecule has 0 amide bonds. The van der Waals surface area contributed by atoms with Crippen molar-refractivity contribution in [1.29, 1.82) is 0 Å². The number of carboxylic acid groups (broad SMARTS) is 1. The second-order valence-corrected chi connectivity index (χ2v) is 5.74. The summed E-state index contributed by atoms with van der Waals surface area (Å²) in [5.41, 5.74) is 1.32. The first kappa shape index (κ1) is 15.5. The third-order valence-corrected chi connectivity index (χ3v) is 4.36. The van der Waals surface area contributed by atoms with Crippen molar-refractivity contribution in [1.82, 2.24) is 4.98 Å². The average molecular weight is 306 g/mol. The van der Waals surface area contributed by atoms with E-state index in [1.807, 2.05) is 49.2 Å². The summed E-state index contributed by atoms with van der Waals surface area (Å²) in [6, 6.07) is 9.48. The molecule has 2 aromatic rings. The van der Waals surface area contributed by atoms with E-state index in [0.717, 1.165) is 5.56 Å². The summed E-state index contributed by atoms with van der Waals surface area (Å²) in [4.78, 5) is 18.2. The number of anilines is 1. The van der Waals surface area contributed by atoms with Gasteiger partial charge in [0.25, 0.3) is 0 Å². The normalized spacial score (nSPS) is 12.1. The van der Waals surface area contributed by atoms with E-state index < -0.39 is 5.97 Å². The number of likely N-dealkylation sites (N-methyl/N-ethyl adjacent to an activating group) is 1. The van der Waals surface area contributed by atoms with E-state index in [2.05, 4.69) is 4.98 Å². The molecule has 21 heavy (non-hydrogen) atoms. The van der Waals surface area contributed by atoms with Crippen molar-refractivity contribution in [3.05, 3.63) is 35.2 Å².